The molecule has 0 radical (unpaired) electrons. The molecule has 0 unspecified atom stereocenters. The molecule has 196 valence electrons. The van der Waals surface area contributed by atoms with Crippen molar-refractivity contribution in [1.29, 1.82) is 0 Å². The summed E-state index contributed by atoms with van der Waals surface area (Å²) >= 11 is 6.29. The summed E-state index contributed by atoms with van der Waals surface area (Å²) in [5.74, 6) is 1.90. The summed E-state index contributed by atoms with van der Waals surface area (Å²) in [6, 6.07) is 7.18. The van der Waals surface area contributed by atoms with Crippen LogP contribution in [-0.2, 0) is 17.8 Å². The van der Waals surface area contributed by atoms with E-state index in [9.17, 15) is 9.90 Å². The standard InChI is InChI=1S/C25H30ClN7O4/c1-36-19-5-4-17(12-18(19)26)13-29-22-21(24(35)37-2)23(30-14-20-27-8-3-9-28-20)32-25(31-22)33-10-6-16(15-34)7-11-33/h3-5,8-9,12,16,34H,6-7,10-11,13-15H2,1-2H3,(H2,29,30,31,32). The number of halogens is 1. The van der Waals surface area contributed by atoms with Crippen molar-refractivity contribution in [3.8, 4) is 5.75 Å². The van der Waals surface area contributed by atoms with Crippen LogP contribution in [0, 0.1) is 5.92 Å². The molecule has 4 rings (SSSR count). The molecule has 0 spiro atoms. The lowest BCUT2D eigenvalue weighted by Crippen LogP contribution is -2.36. The number of rotatable bonds is 10. The Kier molecular flexibility index (Phi) is 8.91. The molecule has 1 fully saturated rings. The summed E-state index contributed by atoms with van der Waals surface area (Å²) in [7, 11) is 2.87. The maximum absolute atomic E-state index is 12.9. The highest BCUT2D eigenvalue weighted by Crippen LogP contribution is 2.30. The van der Waals surface area contributed by atoms with Gasteiger partial charge in [0.05, 0.1) is 25.8 Å². The number of ether oxygens (including phenoxy) is 2. The number of carbonyl (C=O) groups excluding carboxylic acids is 1. The molecular formula is C25H30ClN7O4. The van der Waals surface area contributed by atoms with Gasteiger partial charge in [0.15, 0.2) is 0 Å². The highest BCUT2D eigenvalue weighted by atomic mass is 35.5. The summed E-state index contributed by atoms with van der Waals surface area (Å²) in [5, 5.41) is 16.4. The molecule has 0 amide bonds. The van der Waals surface area contributed by atoms with Gasteiger partial charge in [-0.25, -0.2) is 14.8 Å². The third kappa shape index (κ3) is 6.55. The van der Waals surface area contributed by atoms with Gasteiger partial charge in [0.25, 0.3) is 0 Å². The second-order valence-electron chi connectivity index (χ2n) is 8.54. The number of nitrogens with zero attached hydrogens (tertiary/aromatic N) is 5. The monoisotopic (exact) mass is 527 g/mol. The van der Waals surface area contributed by atoms with Gasteiger partial charge in [0, 0.05) is 38.6 Å². The molecule has 1 aliphatic heterocycles. The zero-order chi connectivity index (χ0) is 26.2. The van der Waals surface area contributed by atoms with Crippen LogP contribution in [0.25, 0.3) is 0 Å². The van der Waals surface area contributed by atoms with E-state index < -0.39 is 5.97 Å². The summed E-state index contributed by atoms with van der Waals surface area (Å²) in [6.45, 7) is 2.14. The molecule has 3 aromatic rings. The molecule has 1 aliphatic rings. The van der Waals surface area contributed by atoms with Crippen LogP contribution in [-0.4, -0.2) is 64.9 Å². The maximum atomic E-state index is 12.9. The van der Waals surface area contributed by atoms with Gasteiger partial charge in [0.2, 0.25) is 5.95 Å². The Morgan fingerprint density at radius 2 is 1.78 bits per heavy atom. The minimum atomic E-state index is -0.586. The third-order valence-corrected chi connectivity index (χ3v) is 6.45. The number of hydrogen-bond acceptors (Lipinski definition) is 11. The van der Waals surface area contributed by atoms with Crippen molar-refractivity contribution < 1.29 is 19.4 Å². The first-order valence-electron chi connectivity index (χ1n) is 11.9. The third-order valence-electron chi connectivity index (χ3n) is 6.15. The van der Waals surface area contributed by atoms with Crippen molar-refractivity contribution >= 4 is 35.2 Å². The summed E-state index contributed by atoms with van der Waals surface area (Å²) in [4.78, 5) is 32.8. The van der Waals surface area contributed by atoms with Crippen molar-refractivity contribution in [3.05, 3.63) is 58.6 Å². The lowest BCUT2D eigenvalue weighted by atomic mass is 9.98. The van der Waals surface area contributed by atoms with E-state index >= 15 is 0 Å². The van der Waals surface area contributed by atoms with Crippen LogP contribution in [0.15, 0.2) is 36.7 Å². The average molecular weight is 528 g/mol. The number of carbonyl (C=O) groups is 1. The molecule has 0 aliphatic carbocycles. The maximum Gasteiger partial charge on any atom is 0.345 e. The van der Waals surface area contributed by atoms with Crippen LogP contribution < -0.4 is 20.3 Å². The van der Waals surface area contributed by atoms with Crippen LogP contribution in [0.5, 0.6) is 5.75 Å². The zero-order valence-electron chi connectivity index (χ0n) is 20.8. The lowest BCUT2D eigenvalue weighted by Gasteiger charge is -2.31. The van der Waals surface area contributed by atoms with Gasteiger partial charge in [-0.1, -0.05) is 17.7 Å². The van der Waals surface area contributed by atoms with Gasteiger partial charge in [-0.3, -0.25) is 0 Å². The first-order valence-corrected chi connectivity index (χ1v) is 12.3. The van der Waals surface area contributed by atoms with Crippen molar-refractivity contribution in [3.63, 3.8) is 0 Å². The number of methoxy groups -OCH3 is 2. The van der Waals surface area contributed by atoms with Crippen LogP contribution in [0.3, 0.4) is 0 Å². The summed E-state index contributed by atoms with van der Waals surface area (Å²) in [6.07, 6.45) is 4.95. The van der Waals surface area contributed by atoms with Gasteiger partial charge in [-0.15, -0.1) is 0 Å². The van der Waals surface area contributed by atoms with Crippen molar-refractivity contribution in [2.24, 2.45) is 5.92 Å². The number of aliphatic hydroxyl groups excluding tert-OH is 1. The van der Waals surface area contributed by atoms with E-state index in [0.717, 1.165) is 18.4 Å². The number of anilines is 3. The van der Waals surface area contributed by atoms with E-state index in [1.54, 1.807) is 37.7 Å². The molecule has 0 saturated carbocycles. The van der Waals surface area contributed by atoms with Crippen LogP contribution in [0.4, 0.5) is 17.6 Å². The van der Waals surface area contributed by atoms with E-state index in [-0.39, 0.29) is 24.6 Å². The lowest BCUT2D eigenvalue weighted by molar-refractivity contribution is 0.0602. The fraction of sp³-hybridized carbons (Fsp3) is 0.400. The molecular weight excluding hydrogens is 498 g/mol. The van der Waals surface area contributed by atoms with Gasteiger partial charge in [0.1, 0.15) is 28.8 Å². The molecule has 2 aromatic heterocycles. The summed E-state index contributed by atoms with van der Waals surface area (Å²) < 4.78 is 10.3. The Morgan fingerprint density at radius 3 is 2.38 bits per heavy atom. The molecule has 37 heavy (non-hydrogen) atoms. The molecule has 0 bridgehead atoms. The van der Waals surface area contributed by atoms with Gasteiger partial charge in [-0.2, -0.15) is 9.97 Å². The predicted molar refractivity (Wildman–Crippen MR) is 140 cm³/mol. The molecule has 12 heteroatoms. The Balaban J connectivity index is 1.67. The minimum Gasteiger partial charge on any atom is -0.495 e. The van der Waals surface area contributed by atoms with Gasteiger partial charge >= 0.3 is 5.97 Å². The molecule has 11 nitrogen and oxygen atoms in total. The van der Waals surface area contributed by atoms with Crippen LogP contribution in [0.2, 0.25) is 5.02 Å². The molecule has 3 N–H and O–H groups in total. The number of piperidine rings is 1. The number of aliphatic hydroxyl groups is 1. The van der Waals surface area contributed by atoms with E-state index in [1.807, 2.05) is 11.0 Å². The Labute approximate surface area is 220 Å². The largest absolute Gasteiger partial charge is 0.495 e. The van der Waals surface area contributed by atoms with Crippen molar-refractivity contribution in [2.45, 2.75) is 25.9 Å². The SMILES string of the molecule is COC(=O)c1c(NCc2ccc(OC)c(Cl)c2)nc(N2CCC(CO)CC2)nc1NCc1ncccn1. The highest BCUT2D eigenvalue weighted by molar-refractivity contribution is 6.32. The van der Waals surface area contributed by atoms with E-state index in [1.165, 1.54) is 7.11 Å². The van der Waals surface area contributed by atoms with Gasteiger partial charge in [-0.05, 0) is 42.5 Å². The second kappa shape index (κ2) is 12.5. The van der Waals surface area contributed by atoms with Crippen molar-refractivity contribution in [2.75, 3.05) is 49.4 Å². The molecule has 0 atom stereocenters. The number of hydrogen-bond donors (Lipinski definition) is 3. The number of nitrogens with one attached hydrogen (secondary N) is 2. The smallest absolute Gasteiger partial charge is 0.345 e. The molecule has 3 heterocycles. The highest BCUT2D eigenvalue weighted by Gasteiger charge is 2.26. The number of benzene rings is 1. The second-order valence-corrected chi connectivity index (χ2v) is 8.95. The Bertz CT molecular complexity index is 1210. The van der Waals surface area contributed by atoms with Crippen LogP contribution >= 0.6 is 11.6 Å². The van der Waals surface area contributed by atoms with Gasteiger partial charge < -0.3 is 30.1 Å². The normalized spacial score (nSPS) is 13.8. The van der Waals surface area contributed by atoms with E-state index in [2.05, 4.69) is 20.6 Å². The quantitative estimate of drug-likeness (QED) is 0.335. The fourth-order valence-corrected chi connectivity index (χ4v) is 4.33. The van der Waals surface area contributed by atoms with Crippen LogP contribution in [0.1, 0.15) is 34.6 Å². The first-order chi connectivity index (χ1) is 18.0. The van der Waals surface area contributed by atoms with E-state index in [4.69, 9.17) is 31.0 Å². The summed E-state index contributed by atoms with van der Waals surface area (Å²) in [5.41, 5.74) is 1.05. The van der Waals surface area contributed by atoms with E-state index in [0.29, 0.717) is 53.8 Å². The minimum absolute atomic E-state index is 0.164. The average Bonchev–Trinajstić information content (AvgIpc) is 2.95. The predicted octanol–water partition coefficient (Wildman–Crippen LogP) is 3.15. The fourth-order valence-electron chi connectivity index (χ4n) is 4.05. The van der Waals surface area contributed by atoms with Crippen molar-refractivity contribution in [1.82, 2.24) is 19.9 Å². The Morgan fingerprint density at radius 1 is 1.11 bits per heavy atom. The molecule has 1 aromatic carbocycles. The Hall–Kier alpha value is -3.70. The number of esters is 1. The molecule has 1 saturated heterocycles. The number of aromatic nitrogens is 4. The first kappa shape index (κ1) is 26.4. The topological polar surface area (TPSA) is 135 Å². The zero-order valence-corrected chi connectivity index (χ0v) is 21.5.